The maximum absolute atomic E-state index is 12.3. The molecule has 0 bridgehead atoms. The van der Waals surface area contributed by atoms with Gasteiger partial charge in [0.1, 0.15) is 17.9 Å². The lowest BCUT2D eigenvalue weighted by atomic mass is 9.90. The highest BCUT2D eigenvalue weighted by atomic mass is 16.5. The first kappa shape index (κ1) is 20.1. The molecule has 1 aliphatic carbocycles. The van der Waals surface area contributed by atoms with Gasteiger partial charge in [0.15, 0.2) is 0 Å². The summed E-state index contributed by atoms with van der Waals surface area (Å²) in [5, 5.41) is 9.05. The first-order chi connectivity index (χ1) is 15.2. The Hall–Kier alpha value is -2.86. The molecular weight excluding hydrogens is 392 g/mol. The first-order valence-electron chi connectivity index (χ1n) is 11.3. The summed E-state index contributed by atoms with van der Waals surface area (Å²) in [5.41, 5.74) is 1.59. The number of imide groups is 1. The van der Waals surface area contributed by atoms with Crippen molar-refractivity contribution in [3.05, 3.63) is 42.2 Å². The van der Waals surface area contributed by atoms with Gasteiger partial charge in [0.2, 0.25) is 11.8 Å². The van der Waals surface area contributed by atoms with Gasteiger partial charge in [0.05, 0.1) is 12.2 Å². The molecule has 2 aromatic carbocycles. The van der Waals surface area contributed by atoms with Crippen molar-refractivity contribution >= 4 is 33.6 Å². The molecule has 6 nitrogen and oxygen atoms in total. The number of fused-ring (bicyclic) bond motifs is 2. The monoisotopic (exact) mass is 420 g/mol. The molecule has 1 saturated heterocycles. The maximum Gasteiger partial charge on any atom is 0.234 e. The summed E-state index contributed by atoms with van der Waals surface area (Å²) >= 11 is 0. The van der Waals surface area contributed by atoms with Crippen LogP contribution in [0.4, 0.5) is 0 Å². The summed E-state index contributed by atoms with van der Waals surface area (Å²) in [6, 6.07) is 10.7. The van der Waals surface area contributed by atoms with Crippen LogP contribution in [0.1, 0.15) is 56.4 Å². The minimum absolute atomic E-state index is 0.209. The third kappa shape index (κ3) is 4.30. The third-order valence-corrected chi connectivity index (χ3v) is 6.56. The quantitative estimate of drug-likeness (QED) is 0.456. The minimum Gasteiger partial charge on any atom is -0.492 e. The van der Waals surface area contributed by atoms with Gasteiger partial charge >= 0.3 is 0 Å². The highest BCUT2D eigenvalue weighted by molar-refractivity contribution is 6.04. The van der Waals surface area contributed by atoms with Gasteiger partial charge in [-0.05, 0) is 54.3 Å². The summed E-state index contributed by atoms with van der Waals surface area (Å²) < 4.78 is 11.7. The molecule has 6 heteroatoms. The Kier molecular flexibility index (Phi) is 5.64. The Morgan fingerprint density at radius 2 is 1.90 bits per heavy atom. The van der Waals surface area contributed by atoms with Crippen molar-refractivity contribution in [2.75, 3.05) is 13.2 Å². The molecule has 1 atom stereocenters. The Bertz CT molecular complexity index is 1110. The summed E-state index contributed by atoms with van der Waals surface area (Å²) in [6.45, 7) is 1.49. The van der Waals surface area contributed by atoms with Crippen LogP contribution >= 0.6 is 0 Å². The molecule has 2 N–H and O–H groups in total. The van der Waals surface area contributed by atoms with Gasteiger partial charge in [-0.15, -0.1) is 0 Å². The topological polar surface area (TPSA) is 80.6 Å². The SMILES string of the molecule is O=C1CCC(c2coc3cc4ccc(OCCNC5CCCCC5)cc4cc23)C(=O)N1. The molecule has 2 heterocycles. The molecule has 5 rings (SSSR count). The van der Waals surface area contributed by atoms with Crippen LogP contribution in [-0.2, 0) is 9.59 Å². The number of amides is 2. The normalized spacial score (nSPS) is 20.3. The molecule has 0 radical (unpaired) electrons. The van der Waals surface area contributed by atoms with Crippen molar-refractivity contribution in [3.63, 3.8) is 0 Å². The summed E-state index contributed by atoms with van der Waals surface area (Å²) in [7, 11) is 0. The second-order valence-corrected chi connectivity index (χ2v) is 8.69. The maximum atomic E-state index is 12.3. The van der Waals surface area contributed by atoms with Gasteiger partial charge in [0.25, 0.3) is 0 Å². The minimum atomic E-state index is -0.360. The average Bonchev–Trinajstić information content (AvgIpc) is 3.18. The fourth-order valence-corrected chi connectivity index (χ4v) is 4.86. The Balaban J connectivity index is 1.31. The van der Waals surface area contributed by atoms with E-state index in [9.17, 15) is 9.59 Å². The summed E-state index contributed by atoms with van der Waals surface area (Å²) in [6.07, 6.45) is 9.06. The molecule has 1 saturated carbocycles. The Morgan fingerprint density at radius 3 is 2.74 bits per heavy atom. The second-order valence-electron chi connectivity index (χ2n) is 8.69. The predicted octanol–water partition coefficient (Wildman–Crippen LogP) is 4.41. The number of carbonyl (C=O) groups excluding carboxylic acids is 2. The van der Waals surface area contributed by atoms with Crippen LogP contribution < -0.4 is 15.4 Å². The van der Waals surface area contributed by atoms with E-state index in [0.29, 0.717) is 25.5 Å². The molecule has 2 amide bonds. The number of ether oxygens (including phenoxy) is 1. The number of hydrogen-bond acceptors (Lipinski definition) is 5. The molecule has 2 aliphatic rings. The van der Waals surface area contributed by atoms with Gasteiger partial charge < -0.3 is 14.5 Å². The van der Waals surface area contributed by atoms with Crippen molar-refractivity contribution in [3.8, 4) is 5.75 Å². The Labute approximate surface area is 181 Å². The lowest BCUT2D eigenvalue weighted by Gasteiger charge is -2.22. The number of rotatable bonds is 6. The third-order valence-electron chi connectivity index (χ3n) is 6.56. The predicted molar refractivity (Wildman–Crippen MR) is 119 cm³/mol. The van der Waals surface area contributed by atoms with Crippen molar-refractivity contribution in [2.24, 2.45) is 0 Å². The van der Waals surface area contributed by atoms with E-state index in [2.05, 4.69) is 16.7 Å². The van der Waals surface area contributed by atoms with Crippen LogP contribution in [0.15, 0.2) is 41.0 Å². The Morgan fingerprint density at radius 1 is 1.03 bits per heavy atom. The molecule has 2 fully saturated rings. The van der Waals surface area contributed by atoms with E-state index in [1.54, 1.807) is 6.26 Å². The van der Waals surface area contributed by atoms with Gasteiger partial charge in [-0.3, -0.25) is 14.9 Å². The molecule has 31 heavy (non-hydrogen) atoms. The highest BCUT2D eigenvalue weighted by Gasteiger charge is 2.30. The summed E-state index contributed by atoms with van der Waals surface area (Å²) in [5.74, 6) is 0.0194. The second kappa shape index (κ2) is 8.71. The number of furan rings is 1. The van der Waals surface area contributed by atoms with Crippen LogP contribution in [-0.4, -0.2) is 31.0 Å². The largest absolute Gasteiger partial charge is 0.492 e. The first-order valence-corrected chi connectivity index (χ1v) is 11.3. The number of hydrogen-bond donors (Lipinski definition) is 2. The lowest BCUT2D eigenvalue weighted by Crippen LogP contribution is -2.39. The van der Waals surface area contributed by atoms with Gasteiger partial charge in [-0.25, -0.2) is 0 Å². The fourth-order valence-electron chi connectivity index (χ4n) is 4.86. The molecule has 3 aromatic rings. The standard InChI is InChI=1S/C25H28N2O4/c28-24-9-8-20(25(29)27-24)22-15-31-23-14-16-6-7-19(12-17(16)13-21(22)23)30-11-10-26-18-4-2-1-3-5-18/h6-7,12-15,18,20,26H,1-5,8-11H2,(H,27,28,29). The molecule has 1 aromatic heterocycles. The molecule has 0 spiro atoms. The van der Waals surface area contributed by atoms with Gasteiger partial charge in [0, 0.05) is 30.0 Å². The van der Waals surface area contributed by atoms with Crippen LogP contribution in [0.3, 0.4) is 0 Å². The lowest BCUT2D eigenvalue weighted by molar-refractivity contribution is -0.134. The van der Waals surface area contributed by atoms with E-state index < -0.39 is 0 Å². The van der Waals surface area contributed by atoms with E-state index >= 15 is 0 Å². The van der Waals surface area contributed by atoms with E-state index in [4.69, 9.17) is 9.15 Å². The number of benzene rings is 2. The zero-order valence-corrected chi connectivity index (χ0v) is 17.6. The fraction of sp³-hybridized carbons (Fsp3) is 0.440. The van der Waals surface area contributed by atoms with Gasteiger partial charge in [-0.2, -0.15) is 0 Å². The van der Waals surface area contributed by atoms with E-state index in [-0.39, 0.29) is 17.7 Å². The van der Waals surface area contributed by atoms with Gasteiger partial charge in [-0.1, -0.05) is 25.3 Å². The smallest absolute Gasteiger partial charge is 0.234 e. The highest BCUT2D eigenvalue weighted by Crippen LogP contribution is 2.35. The van der Waals surface area contributed by atoms with E-state index in [1.165, 1.54) is 32.1 Å². The van der Waals surface area contributed by atoms with Crippen molar-refractivity contribution < 1.29 is 18.7 Å². The molecule has 1 unspecified atom stereocenters. The zero-order valence-electron chi connectivity index (χ0n) is 17.6. The molecule has 162 valence electrons. The number of carbonyl (C=O) groups is 2. The van der Waals surface area contributed by atoms with Crippen LogP contribution in [0.2, 0.25) is 0 Å². The number of nitrogens with one attached hydrogen (secondary N) is 2. The molecule has 1 aliphatic heterocycles. The molecular formula is C25H28N2O4. The van der Waals surface area contributed by atoms with E-state index in [0.717, 1.165) is 39.6 Å². The van der Waals surface area contributed by atoms with Crippen molar-refractivity contribution in [1.29, 1.82) is 0 Å². The van der Waals surface area contributed by atoms with Crippen LogP contribution in [0, 0.1) is 0 Å². The summed E-state index contributed by atoms with van der Waals surface area (Å²) in [4.78, 5) is 23.8. The van der Waals surface area contributed by atoms with Crippen molar-refractivity contribution in [1.82, 2.24) is 10.6 Å². The van der Waals surface area contributed by atoms with Crippen molar-refractivity contribution in [2.45, 2.75) is 56.9 Å². The average molecular weight is 421 g/mol. The zero-order chi connectivity index (χ0) is 21.2. The van der Waals surface area contributed by atoms with E-state index in [1.807, 2.05) is 24.3 Å². The number of piperidine rings is 1. The van der Waals surface area contributed by atoms with Crippen LogP contribution in [0.5, 0.6) is 5.75 Å². The van der Waals surface area contributed by atoms with Crippen LogP contribution in [0.25, 0.3) is 21.7 Å².